The maximum absolute atomic E-state index is 12.2. The topological polar surface area (TPSA) is 67.4 Å². The van der Waals surface area contributed by atoms with Gasteiger partial charge in [0.1, 0.15) is 12.2 Å². The Balaban J connectivity index is 1.97. The Kier molecular flexibility index (Phi) is 5.80. The van der Waals surface area contributed by atoms with E-state index in [1.54, 1.807) is 31.4 Å². The number of nitrogens with one attached hydrogen (secondary N) is 2. The average Bonchev–Trinajstić information content (AvgIpc) is 2.54. The van der Waals surface area contributed by atoms with Crippen molar-refractivity contribution in [2.24, 2.45) is 0 Å². The molecule has 0 saturated heterocycles. The molecule has 2 rings (SSSR count). The van der Waals surface area contributed by atoms with Gasteiger partial charge in [-0.1, -0.05) is 39.0 Å². The molecular formula is C20H24N2O3. The van der Waals surface area contributed by atoms with Crippen molar-refractivity contribution in [3.63, 3.8) is 0 Å². The van der Waals surface area contributed by atoms with Crippen LogP contribution >= 0.6 is 0 Å². The highest BCUT2D eigenvalue weighted by molar-refractivity contribution is 6.08. The molecule has 0 heterocycles. The number of carbonyl (C=O) groups is 2. The van der Waals surface area contributed by atoms with E-state index in [4.69, 9.17) is 4.74 Å². The van der Waals surface area contributed by atoms with Gasteiger partial charge in [0, 0.05) is 11.4 Å². The zero-order valence-corrected chi connectivity index (χ0v) is 15.1. The first-order chi connectivity index (χ1) is 11.8. The molecule has 0 bridgehead atoms. The number of anilines is 2. The molecule has 25 heavy (non-hydrogen) atoms. The van der Waals surface area contributed by atoms with E-state index in [-0.39, 0.29) is 23.7 Å². The lowest BCUT2D eigenvalue weighted by Gasteiger charge is -2.22. The summed E-state index contributed by atoms with van der Waals surface area (Å²) in [7, 11) is 1.58. The maximum atomic E-state index is 12.2. The number of methoxy groups -OCH3 is 1. The van der Waals surface area contributed by atoms with Gasteiger partial charge in [0.2, 0.25) is 11.8 Å². The number of hydrogen-bond acceptors (Lipinski definition) is 3. The number of hydrogen-bond donors (Lipinski definition) is 2. The quantitative estimate of drug-likeness (QED) is 0.810. The van der Waals surface area contributed by atoms with Crippen LogP contribution in [0.4, 0.5) is 11.4 Å². The van der Waals surface area contributed by atoms with E-state index in [1.165, 1.54) is 0 Å². The molecule has 2 aromatic carbocycles. The second kappa shape index (κ2) is 7.83. The fourth-order valence-corrected chi connectivity index (χ4v) is 2.47. The predicted molar refractivity (Wildman–Crippen MR) is 100 cm³/mol. The van der Waals surface area contributed by atoms with Crippen molar-refractivity contribution in [1.82, 2.24) is 0 Å². The fraction of sp³-hybridized carbons (Fsp3) is 0.300. The minimum Gasteiger partial charge on any atom is -0.497 e. The van der Waals surface area contributed by atoms with Crippen LogP contribution in [0.3, 0.4) is 0 Å². The van der Waals surface area contributed by atoms with Crippen LogP contribution in [0, 0.1) is 0 Å². The fourth-order valence-electron chi connectivity index (χ4n) is 2.47. The third kappa shape index (κ3) is 5.35. The van der Waals surface area contributed by atoms with Crippen molar-refractivity contribution in [2.75, 3.05) is 17.7 Å². The van der Waals surface area contributed by atoms with Crippen LogP contribution in [0.1, 0.15) is 32.8 Å². The third-order valence-electron chi connectivity index (χ3n) is 3.70. The Morgan fingerprint density at radius 1 is 0.920 bits per heavy atom. The van der Waals surface area contributed by atoms with Crippen LogP contribution in [-0.2, 0) is 15.0 Å². The minimum absolute atomic E-state index is 0.102. The summed E-state index contributed by atoms with van der Waals surface area (Å²) >= 11 is 0. The summed E-state index contributed by atoms with van der Waals surface area (Å²) < 4.78 is 5.07. The first kappa shape index (κ1) is 18.5. The summed E-state index contributed by atoms with van der Waals surface area (Å²) in [5, 5.41) is 5.53. The van der Waals surface area contributed by atoms with Gasteiger partial charge < -0.3 is 15.4 Å². The summed E-state index contributed by atoms with van der Waals surface area (Å²) in [5.74, 6) is -0.00634. The maximum Gasteiger partial charge on any atom is 0.233 e. The van der Waals surface area contributed by atoms with Crippen LogP contribution in [0.15, 0.2) is 48.5 Å². The van der Waals surface area contributed by atoms with Gasteiger partial charge in [-0.3, -0.25) is 9.59 Å². The normalized spacial score (nSPS) is 10.9. The summed E-state index contributed by atoms with van der Waals surface area (Å²) in [5.41, 5.74) is 2.28. The van der Waals surface area contributed by atoms with Crippen LogP contribution < -0.4 is 15.4 Å². The number of rotatable bonds is 5. The number of ether oxygens (including phenoxy) is 1. The van der Waals surface area contributed by atoms with E-state index in [1.807, 2.05) is 24.3 Å². The van der Waals surface area contributed by atoms with E-state index in [0.29, 0.717) is 11.4 Å². The van der Waals surface area contributed by atoms with Crippen molar-refractivity contribution in [3.8, 4) is 5.75 Å². The first-order valence-electron chi connectivity index (χ1n) is 8.13. The Hall–Kier alpha value is -2.82. The molecule has 2 amide bonds. The van der Waals surface area contributed by atoms with E-state index in [2.05, 4.69) is 31.4 Å². The molecule has 2 N–H and O–H groups in total. The molecule has 0 radical (unpaired) electrons. The Morgan fingerprint density at radius 3 is 2.12 bits per heavy atom. The smallest absolute Gasteiger partial charge is 0.233 e. The SMILES string of the molecule is COc1ccc(NC(=O)CC(=O)Nc2ccccc2C(C)(C)C)cc1. The van der Waals surface area contributed by atoms with Crippen molar-refractivity contribution >= 4 is 23.2 Å². The van der Waals surface area contributed by atoms with Gasteiger partial charge >= 0.3 is 0 Å². The average molecular weight is 340 g/mol. The monoisotopic (exact) mass is 340 g/mol. The van der Waals surface area contributed by atoms with Crippen LogP contribution in [0.5, 0.6) is 5.75 Å². The lowest BCUT2D eigenvalue weighted by Crippen LogP contribution is -2.23. The molecule has 0 aliphatic rings. The van der Waals surface area contributed by atoms with E-state index in [0.717, 1.165) is 11.3 Å². The second-order valence-electron chi connectivity index (χ2n) is 6.80. The largest absolute Gasteiger partial charge is 0.497 e. The lowest BCUT2D eigenvalue weighted by molar-refractivity contribution is -0.123. The standard InChI is InChI=1S/C20H24N2O3/c1-20(2,3)16-7-5-6-8-17(16)22-19(24)13-18(23)21-14-9-11-15(25-4)12-10-14/h5-12H,13H2,1-4H3,(H,21,23)(H,22,24). The van der Waals surface area contributed by atoms with Crippen LogP contribution in [-0.4, -0.2) is 18.9 Å². The Bertz CT molecular complexity index is 746. The second-order valence-corrected chi connectivity index (χ2v) is 6.80. The van der Waals surface area contributed by atoms with Crippen molar-refractivity contribution < 1.29 is 14.3 Å². The van der Waals surface area contributed by atoms with E-state index in [9.17, 15) is 9.59 Å². The van der Waals surface area contributed by atoms with Gasteiger partial charge in [-0.2, -0.15) is 0 Å². The number of amides is 2. The Morgan fingerprint density at radius 2 is 1.52 bits per heavy atom. The summed E-state index contributed by atoms with van der Waals surface area (Å²) in [4.78, 5) is 24.2. The summed E-state index contributed by atoms with van der Waals surface area (Å²) in [6.07, 6.45) is -0.246. The van der Waals surface area contributed by atoms with Crippen molar-refractivity contribution in [2.45, 2.75) is 32.6 Å². The van der Waals surface area contributed by atoms with E-state index < -0.39 is 0 Å². The molecule has 2 aromatic rings. The van der Waals surface area contributed by atoms with Gasteiger partial charge in [0.25, 0.3) is 0 Å². The lowest BCUT2D eigenvalue weighted by atomic mass is 9.86. The number of para-hydroxylation sites is 1. The van der Waals surface area contributed by atoms with Gasteiger partial charge in [-0.05, 0) is 41.3 Å². The van der Waals surface area contributed by atoms with Gasteiger partial charge in [0.15, 0.2) is 0 Å². The summed E-state index contributed by atoms with van der Waals surface area (Å²) in [6.45, 7) is 6.23. The third-order valence-corrected chi connectivity index (χ3v) is 3.70. The molecule has 0 fully saturated rings. The van der Waals surface area contributed by atoms with Crippen molar-refractivity contribution in [3.05, 3.63) is 54.1 Å². The number of carbonyl (C=O) groups excluding carboxylic acids is 2. The molecule has 5 heteroatoms. The van der Waals surface area contributed by atoms with Gasteiger partial charge in [-0.15, -0.1) is 0 Å². The van der Waals surface area contributed by atoms with Gasteiger partial charge in [0.05, 0.1) is 7.11 Å². The van der Waals surface area contributed by atoms with Gasteiger partial charge in [-0.25, -0.2) is 0 Å². The number of benzene rings is 2. The molecule has 0 unspecified atom stereocenters. The molecular weight excluding hydrogens is 316 g/mol. The first-order valence-corrected chi connectivity index (χ1v) is 8.13. The minimum atomic E-state index is -0.365. The highest BCUT2D eigenvalue weighted by Crippen LogP contribution is 2.29. The molecule has 5 nitrogen and oxygen atoms in total. The molecule has 0 aliphatic heterocycles. The summed E-state index contributed by atoms with van der Waals surface area (Å²) in [6, 6.07) is 14.6. The van der Waals surface area contributed by atoms with E-state index >= 15 is 0 Å². The van der Waals surface area contributed by atoms with Crippen LogP contribution in [0.2, 0.25) is 0 Å². The molecule has 0 aromatic heterocycles. The molecule has 132 valence electrons. The highest BCUT2D eigenvalue weighted by atomic mass is 16.5. The van der Waals surface area contributed by atoms with Crippen molar-refractivity contribution in [1.29, 1.82) is 0 Å². The Labute approximate surface area is 148 Å². The van der Waals surface area contributed by atoms with Crippen LogP contribution in [0.25, 0.3) is 0 Å². The molecule has 0 atom stereocenters. The predicted octanol–water partition coefficient (Wildman–Crippen LogP) is 3.96. The molecule has 0 spiro atoms. The highest BCUT2D eigenvalue weighted by Gasteiger charge is 2.19. The zero-order chi connectivity index (χ0) is 18.4. The zero-order valence-electron chi connectivity index (χ0n) is 15.1. The molecule has 0 saturated carbocycles. The molecule has 0 aliphatic carbocycles.